The summed E-state index contributed by atoms with van der Waals surface area (Å²) in [4.78, 5) is 31.5. The highest BCUT2D eigenvalue weighted by Crippen LogP contribution is 2.29. The number of rotatable bonds is 5. The average molecular weight is 463 g/mol. The number of ether oxygens (including phenoxy) is 2. The topological polar surface area (TPSA) is 89.9 Å². The summed E-state index contributed by atoms with van der Waals surface area (Å²) in [5.74, 6) is -1.64. The van der Waals surface area contributed by atoms with Crippen molar-refractivity contribution < 1.29 is 29.0 Å². The number of carbonyl (C=O) groups excluding carboxylic acids is 2. The van der Waals surface area contributed by atoms with Gasteiger partial charge in [0.2, 0.25) is 0 Å². The summed E-state index contributed by atoms with van der Waals surface area (Å²) in [5.41, 5.74) is 2.07. The van der Waals surface area contributed by atoms with Crippen LogP contribution in [0.2, 0.25) is 0 Å². The fourth-order valence-corrected chi connectivity index (χ4v) is 2.70. The molecule has 0 aliphatic rings. The van der Waals surface area contributed by atoms with Gasteiger partial charge in [-0.1, -0.05) is 68.3 Å². The Kier molecular flexibility index (Phi) is 11.0. The van der Waals surface area contributed by atoms with Crippen LogP contribution in [-0.2, 0) is 30.5 Å². The Morgan fingerprint density at radius 2 is 1.18 bits per heavy atom. The van der Waals surface area contributed by atoms with Crippen molar-refractivity contribution in [3.63, 3.8) is 0 Å². The Labute approximate surface area is 199 Å². The zero-order valence-corrected chi connectivity index (χ0v) is 20.0. The van der Waals surface area contributed by atoms with Gasteiger partial charge in [0, 0.05) is 22.3 Å². The number of esters is 2. The molecule has 178 valence electrons. The zero-order chi connectivity index (χ0) is 25.8. The third kappa shape index (κ3) is 8.39. The molecule has 1 N–H and O–H groups in total. The number of hydrogen-bond donors (Lipinski definition) is 1. The van der Waals surface area contributed by atoms with E-state index in [-0.39, 0.29) is 24.1 Å². The van der Waals surface area contributed by atoms with E-state index in [4.69, 9.17) is 9.84 Å². The molecule has 0 spiro atoms. The smallest absolute Gasteiger partial charge is 0.333 e. The van der Waals surface area contributed by atoms with Crippen LogP contribution < -0.4 is 0 Å². The molecule has 6 heteroatoms. The van der Waals surface area contributed by atoms with Gasteiger partial charge in [0.05, 0.1) is 7.11 Å². The van der Waals surface area contributed by atoms with E-state index in [1.807, 2.05) is 24.3 Å². The molecule has 0 amide bonds. The second-order valence-corrected chi connectivity index (χ2v) is 7.51. The molecule has 3 rings (SSSR count). The quantitative estimate of drug-likeness (QED) is 0.284. The highest BCUT2D eigenvalue weighted by molar-refractivity contribution is 6.02. The molecule has 0 fully saturated rings. The summed E-state index contributed by atoms with van der Waals surface area (Å²) < 4.78 is 9.64. The van der Waals surface area contributed by atoms with Gasteiger partial charge in [-0.15, -0.1) is 0 Å². The number of aliphatic carboxylic acids is 1. The molecular weight excluding hydrogens is 432 g/mol. The van der Waals surface area contributed by atoms with Gasteiger partial charge in [0.25, 0.3) is 0 Å². The summed E-state index contributed by atoms with van der Waals surface area (Å²) in [7, 11) is 1.33. The van der Waals surface area contributed by atoms with Gasteiger partial charge >= 0.3 is 17.9 Å². The summed E-state index contributed by atoms with van der Waals surface area (Å²) in [6.45, 7) is 15.1. The molecule has 0 aliphatic heterocycles. The van der Waals surface area contributed by atoms with Gasteiger partial charge in [-0.3, -0.25) is 0 Å². The van der Waals surface area contributed by atoms with Crippen LogP contribution in [0.5, 0.6) is 0 Å². The van der Waals surface area contributed by atoms with Crippen molar-refractivity contribution in [2.75, 3.05) is 7.11 Å². The van der Waals surface area contributed by atoms with Crippen molar-refractivity contribution >= 4 is 39.5 Å². The Morgan fingerprint density at radius 1 is 0.765 bits per heavy atom. The van der Waals surface area contributed by atoms with Crippen LogP contribution in [0.3, 0.4) is 0 Å². The summed E-state index contributed by atoms with van der Waals surface area (Å²) in [6, 6.07) is 18.5. The SMILES string of the molecule is C=C(C)C(=O)O.C=C(C)C(=O)OC.C=C(C)C(=O)OCc1c2ccccc2cc2ccccc12. The van der Waals surface area contributed by atoms with Gasteiger partial charge in [0.1, 0.15) is 6.61 Å². The first-order valence-electron chi connectivity index (χ1n) is 10.3. The van der Waals surface area contributed by atoms with Crippen LogP contribution in [0.25, 0.3) is 21.5 Å². The Bertz CT molecular complexity index is 1170. The molecule has 0 heterocycles. The predicted octanol–water partition coefficient (Wildman–Crippen LogP) is 5.99. The Morgan fingerprint density at radius 3 is 1.50 bits per heavy atom. The molecule has 3 aromatic carbocycles. The number of benzene rings is 3. The molecule has 0 aliphatic carbocycles. The van der Waals surface area contributed by atoms with Gasteiger partial charge < -0.3 is 14.6 Å². The summed E-state index contributed by atoms with van der Waals surface area (Å²) in [5, 5.41) is 12.4. The maximum absolute atomic E-state index is 11.7. The monoisotopic (exact) mass is 462 g/mol. The highest BCUT2D eigenvalue weighted by Gasteiger charge is 2.10. The Hall–Kier alpha value is -4.19. The molecule has 0 unspecified atom stereocenters. The minimum Gasteiger partial charge on any atom is -0.478 e. The molecule has 0 radical (unpaired) electrons. The van der Waals surface area contributed by atoms with Crippen LogP contribution in [0.15, 0.2) is 91.1 Å². The van der Waals surface area contributed by atoms with Crippen LogP contribution in [0.4, 0.5) is 0 Å². The number of carbonyl (C=O) groups is 3. The van der Waals surface area contributed by atoms with E-state index in [9.17, 15) is 14.4 Å². The lowest BCUT2D eigenvalue weighted by Gasteiger charge is -2.12. The molecule has 0 saturated carbocycles. The number of fused-ring (bicyclic) bond motifs is 2. The zero-order valence-electron chi connectivity index (χ0n) is 20.0. The number of hydrogen-bond acceptors (Lipinski definition) is 5. The van der Waals surface area contributed by atoms with Crippen LogP contribution in [-0.4, -0.2) is 30.1 Å². The van der Waals surface area contributed by atoms with Crippen molar-refractivity contribution in [1.82, 2.24) is 0 Å². The molecule has 6 nitrogen and oxygen atoms in total. The van der Waals surface area contributed by atoms with Crippen molar-refractivity contribution in [3.05, 3.63) is 96.6 Å². The average Bonchev–Trinajstić information content (AvgIpc) is 2.81. The molecule has 0 saturated heterocycles. The third-order valence-corrected chi connectivity index (χ3v) is 4.48. The van der Waals surface area contributed by atoms with Crippen LogP contribution >= 0.6 is 0 Å². The predicted molar refractivity (Wildman–Crippen MR) is 135 cm³/mol. The lowest BCUT2D eigenvalue weighted by molar-refractivity contribution is -0.140. The number of carboxylic acids is 1. The molecule has 0 bridgehead atoms. The lowest BCUT2D eigenvalue weighted by Crippen LogP contribution is -2.05. The number of carboxylic acid groups (broad SMARTS) is 1. The second-order valence-electron chi connectivity index (χ2n) is 7.51. The van der Waals surface area contributed by atoms with Crippen molar-refractivity contribution in [1.29, 1.82) is 0 Å². The van der Waals surface area contributed by atoms with Crippen molar-refractivity contribution in [2.24, 2.45) is 0 Å². The van der Waals surface area contributed by atoms with E-state index >= 15 is 0 Å². The normalized spacial score (nSPS) is 9.53. The van der Waals surface area contributed by atoms with E-state index in [1.165, 1.54) is 14.0 Å². The molecule has 0 atom stereocenters. The minimum absolute atomic E-state index is 0.176. The van der Waals surface area contributed by atoms with E-state index in [0.29, 0.717) is 11.1 Å². The first kappa shape index (κ1) is 27.8. The van der Waals surface area contributed by atoms with Crippen LogP contribution in [0.1, 0.15) is 26.3 Å². The van der Waals surface area contributed by atoms with E-state index in [0.717, 1.165) is 27.1 Å². The fraction of sp³-hybridized carbons (Fsp3) is 0.179. The van der Waals surface area contributed by atoms with Crippen molar-refractivity contribution in [3.8, 4) is 0 Å². The maximum atomic E-state index is 11.7. The standard InChI is InChI=1S/C19H16O2.C5H8O2.C4H6O2/c1-13(2)19(20)21-12-18-16-9-5-3-7-14(16)11-15-8-4-6-10-17(15)18;1-4(2)5(6)7-3;1-3(2)4(5)6/h3-11H,1,12H2,2H3;1H2,2-3H3;1H2,2H3,(H,5,6). The summed E-state index contributed by atoms with van der Waals surface area (Å²) >= 11 is 0. The van der Waals surface area contributed by atoms with E-state index < -0.39 is 5.97 Å². The first-order valence-corrected chi connectivity index (χ1v) is 10.3. The fourth-order valence-electron chi connectivity index (χ4n) is 2.70. The molecule has 3 aromatic rings. The van der Waals surface area contributed by atoms with Crippen molar-refractivity contribution in [2.45, 2.75) is 27.4 Å². The second kappa shape index (κ2) is 13.4. The van der Waals surface area contributed by atoms with E-state index in [2.05, 4.69) is 54.8 Å². The third-order valence-electron chi connectivity index (χ3n) is 4.48. The van der Waals surface area contributed by atoms with Gasteiger partial charge in [-0.25, -0.2) is 14.4 Å². The summed E-state index contributed by atoms with van der Waals surface area (Å²) in [6.07, 6.45) is 0. The van der Waals surface area contributed by atoms with E-state index in [1.54, 1.807) is 13.8 Å². The van der Waals surface area contributed by atoms with Crippen LogP contribution in [0, 0.1) is 0 Å². The number of methoxy groups -OCH3 is 1. The highest BCUT2D eigenvalue weighted by atomic mass is 16.5. The Balaban J connectivity index is 0.000000369. The van der Waals surface area contributed by atoms with Gasteiger partial charge in [0.15, 0.2) is 0 Å². The molecule has 34 heavy (non-hydrogen) atoms. The lowest BCUT2D eigenvalue weighted by atomic mass is 9.97. The molecule has 0 aromatic heterocycles. The maximum Gasteiger partial charge on any atom is 0.333 e. The minimum atomic E-state index is -0.935. The largest absolute Gasteiger partial charge is 0.478 e. The first-order chi connectivity index (χ1) is 16.0. The van der Waals surface area contributed by atoms with Gasteiger partial charge in [-0.2, -0.15) is 0 Å². The van der Waals surface area contributed by atoms with Gasteiger partial charge in [-0.05, 0) is 48.4 Å². The molecular formula is C28H30O6.